The van der Waals surface area contributed by atoms with Gasteiger partial charge in [0, 0.05) is 6.42 Å². The van der Waals surface area contributed by atoms with E-state index in [1.54, 1.807) is 41.8 Å². The van der Waals surface area contributed by atoms with Crippen molar-refractivity contribution in [2.75, 3.05) is 20.0 Å². The summed E-state index contributed by atoms with van der Waals surface area (Å²) in [5.74, 6) is 1.31. The molecule has 34 heavy (non-hydrogen) atoms. The fraction of sp³-hybridized carbons (Fsp3) is 0.273. The first kappa shape index (κ1) is 23.4. The molecule has 10 nitrogen and oxygen atoms in total. The molecule has 4 rings (SSSR count). The average molecular weight is 488 g/mol. The Kier molecular flexibility index (Phi) is 6.59. The Bertz CT molecular complexity index is 1380. The van der Waals surface area contributed by atoms with Crippen molar-refractivity contribution in [1.29, 1.82) is 0 Å². The van der Waals surface area contributed by atoms with E-state index in [4.69, 9.17) is 13.9 Å². The molecule has 0 fully saturated rings. The van der Waals surface area contributed by atoms with E-state index in [1.165, 1.54) is 14.2 Å². The van der Waals surface area contributed by atoms with Crippen molar-refractivity contribution in [3.05, 3.63) is 66.0 Å². The lowest BCUT2D eigenvalue weighted by molar-refractivity contribution is 0.390. The van der Waals surface area contributed by atoms with Crippen LogP contribution in [-0.4, -0.2) is 53.1 Å². The Labute approximate surface area is 195 Å². The van der Waals surface area contributed by atoms with Crippen LogP contribution in [0.1, 0.15) is 17.4 Å². The number of hydrogen-bond acceptors (Lipinski definition) is 9. The van der Waals surface area contributed by atoms with E-state index in [0.717, 1.165) is 12.4 Å². The van der Waals surface area contributed by atoms with Crippen LogP contribution in [0.5, 0.6) is 11.5 Å². The third kappa shape index (κ3) is 4.91. The summed E-state index contributed by atoms with van der Waals surface area (Å²) in [5.41, 5.74) is 0.439. The normalized spacial score (nSPS) is 11.5. The van der Waals surface area contributed by atoms with Gasteiger partial charge in [0.1, 0.15) is 34.5 Å². The van der Waals surface area contributed by atoms with Gasteiger partial charge in [-0.05, 0) is 31.2 Å². The number of methoxy groups -OCH3 is 2. The maximum Gasteiger partial charge on any atom is 0.204 e. The third-order valence-electron chi connectivity index (χ3n) is 4.98. The van der Waals surface area contributed by atoms with E-state index in [9.17, 15) is 12.8 Å². The van der Waals surface area contributed by atoms with E-state index in [-0.39, 0.29) is 23.8 Å². The van der Waals surface area contributed by atoms with Crippen LogP contribution in [0, 0.1) is 12.7 Å². The summed E-state index contributed by atoms with van der Waals surface area (Å²) < 4.78 is 57.3. The quantitative estimate of drug-likeness (QED) is 0.351. The number of halogens is 1. The standard InChI is InChI=1S/C22H22FN5O5S/c1-14-7-8-18(33-14)22-27-26-20(28(22)21-16(31-2)5-4-6-17(21)32-3)13-34(29,30)10-9-19-24-11-15(23)12-25-19/h4-8,11-12H,9-10,13H2,1-3H3. The van der Waals surface area contributed by atoms with Gasteiger partial charge in [0.2, 0.25) is 5.82 Å². The van der Waals surface area contributed by atoms with Crippen LogP contribution in [0.3, 0.4) is 0 Å². The summed E-state index contributed by atoms with van der Waals surface area (Å²) in [6, 6.07) is 8.69. The first-order valence-electron chi connectivity index (χ1n) is 10.2. The number of sulfone groups is 1. The average Bonchev–Trinajstić information content (AvgIpc) is 3.43. The Balaban J connectivity index is 1.75. The molecule has 178 valence electrons. The summed E-state index contributed by atoms with van der Waals surface area (Å²) in [6.45, 7) is 1.79. The molecule has 0 saturated heterocycles. The predicted octanol–water partition coefficient (Wildman–Crippen LogP) is 2.94. The highest BCUT2D eigenvalue weighted by Crippen LogP contribution is 2.36. The van der Waals surface area contributed by atoms with Crippen molar-refractivity contribution < 1.29 is 26.7 Å². The smallest absolute Gasteiger partial charge is 0.204 e. The van der Waals surface area contributed by atoms with Gasteiger partial charge in [0.15, 0.2) is 27.2 Å². The summed E-state index contributed by atoms with van der Waals surface area (Å²) in [5, 5.41) is 8.38. The number of hydrogen-bond donors (Lipinski definition) is 0. The third-order valence-corrected chi connectivity index (χ3v) is 6.50. The molecule has 0 aliphatic rings. The van der Waals surface area contributed by atoms with Crippen LogP contribution in [0.2, 0.25) is 0 Å². The Hall–Kier alpha value is -3.80. The van der Waals surface area contributed by atoms with Gasteiger partial charge in [-0.25, -0.2) is 22.8 Å². The number of aromatic nitrogens is 5. The van der Waals surface area contributed by atoms with Crippen LogP contribution < -0.4 is 9.47 Å². The van der Waals surface area contributed by atoms with Crippen LogP contribution in [-0.2, 0) is 22.0 Å². The molecule has 12 heteroatoms. The molecule has 0 spiro atoms. The molecule has 0 atom stereocenters. The number of nitrogens with zero attached hydrogens (tertiary/aromatic N) is 5. The molecule has 0 aliphatic heterocycles. The molecule has 4 aromatic rings. The predicted molar refractivity (Wildman–Crippen MR) is 120 cm³/mol. The lowest BCUT2D eigenvalue weighted by atomic mass is 10.2. The topological polar surface area (TPSA) is 122 Å². The van der Waals surface area contributed by atoms with Crippen molar-refractivity contribution in [3.63, 3.8) is 0 Å². The van der Waals surface area contributed by atoms with Crippen LogP contribution in [0.4, 0.5) is 4.39 Å². The maximum atomic E-state index is 13.0. The van der Waals surface area contributed by atoms with E-state index < -0.39 is 21.4 Å². The molecule has 1 aromatic carbocycles. The van der Waals surface area contributed by atoms with Gasteiger partial charge in [-0.2, -0.15) is 0 Å². The second kappa shape index (κ2) is 9.59. The van der Waals surface area contributed by atoms with E-state index >= 15 is 0 Å². The fourth-order valence-electron chi connectivity index (χ4n) is 3.40. The van der Waals surface area contributed by atoms with Gasteiger partial charge in [-0.15, -0.1) is 10.2 Å². The summed E-state index contributed by atoms with van der Waals surface area (Å²) in [4.78, 5) is 7.63. The Morgan fingerprint density at radius 3 is 2.29 bits per heavy atom. The molecule has 0 N–H and O–H groups in total. The van der Waals surface area contributed by atoms with Gasteiger partial charge in [-0.1, -0.05) is 6.07 Å². The van der Waals surface area contributed by atoms with Crippen LogP contribution in [0.15, 0.2) is 47.1 Å². The first-order chi connectivity index (χ1) is 16.3. The minimum atomic E-state index is -3.69. The second-order valence-corrected chi connectivity index (χ2v) is 9.54. The van der Waals surface area contributed by atoms with Crippen molar-refractivity contribution in [2.24, 2.45) is 0 Å². The van der Waals surface area contributed by atoms with Gasteiger partial charge < -0.3 is 13.9 Å². The zero-order valence-electron chi connectivity index (χ0n) is 18.7. The molecule has 0 bridgehead atoms. The van der Waals surface area contributed by atoms with Gasteiger partial charge in [0.05, 0.1) is 32.4 Å². The highest BCUT2D eigenvalue weighted by molar-refractivity contribution is 7.90. The number of ether oxygens (including phenoxy) is 2. The molecule has 0 aliphatic carbocycles. The zero-order valence-corrected chi connectivity index (χ0v) is 19.5. The Morgan fingerprint density at radius 2 is 1.71 bits per heavy atom. The highest BCUT2D eigenvalue weighted by Gasteiger charge is 2.27. The largest absolute Gasteiger partial charge is 0.494 e. The van der Waals surface area contributed by atoms with Crippen molar-refractivity contribution in [2.45, 2.75) is 19.1 Å². The summed E-state index contributed by atoms with van der Waals surface area (Å²) in [6.07, 6.45) is 2.02. The van der Waals surface area contributed by atoms with Crippen LogP contribution >= 0.6 is 0 Å². The first-order valence-corrected chi connectivity index (χ1v) is 12.0. The molecule has 0 radical (unpaired) electrons. The van der Waals surface area contributed by atoms with E-state index in [2.05, 4.69) is 20.2 Å². The molecule has 0 saturated carbocycles. The number of benzene rings is 1. The van der Waals surface area contributed by atoms with Gasteiger partial charge >= 0.3 is 0 Å². The highest BCUT2D eigenvalue weighted by atomic mass is 32.2. The summed E-state index contributed by atoms with van der Waals surface area (Å²) >= 11 is 0. The molecule has 0 amide bonds. The lowest BCUT2D eigenvalue weighted by Gasteiger charge is -2.16. The Morgan fingerprint density at radius 1 is 1.03 bits per heavy atom. The molecular formula is C22H22FN5O5S. The van der Waals surface area contributed by atoms with Crippen molar-refractivity contribution >= 4 is 9.84 Å². The van der Waals surface area contributed by atoms with Gasteiger partial charge in [0.25, 0.3) is 0 Å². The number of furan rings is 1. The SMILES string of the molecule is COc1cccc(OC)c1-n1c(CS(=O)(=O)CCc2ncc(F)cn2)nnc1-c1ccc(C)o1. The lowest BCUT2D eigenvalue weighted by Crippen LogP contribution is -2.16. The molecular weight excluding hydrogens is 465 g/mol. The zero-order chi connectivity index (χ0) is 24.3. The maximum absolute atomic E-state index is 13.0. The number of aryl methyl sites for hydroxylation is 2. The fourth-order valence-corrected chi connectivity index (χ4v) is 4.61. The monoisotopic (exact) mass is 487 g/mol. The van der Waals surface area contributed by atoms with E-state index in [1.807, 2.05) is 0 Å². The van der Waals surface area contributed by atoms with Crippen molar-refractivity contribution in [1.82, 2.24) is 24.7 Å². The number of rotatable bonds is 9. The minimum absolute atomic E-state index is 0.0268. The van der Waals surface area contributed by atoms with Gasteiger partial charge in [-0.3, -0.25) is 4.57 Å². The van der Waals surface area contributed by atoms with Crippen LogP contribution in [0.25, 0.3) is 17.3 Å². The number of para-hydroxylation sites is 1. The second-order valence-electron chi connectivity index (χ2n) is 7.36. The van der Waals surface area contributed by atoms with E-state index in [0.29, 0.717) is 34.5 Å². The van der Waals surface area contributed by atoms with Crippen molar-refractivity contribution in [3.8, 4) is 28.8 Å². The molecule has 0 unspecified atom stereocenters. The summed E-state index contributed by atoms with van der Waals surface area (Å²) in [7, 11) is -0.689. The minimum Gasteiger partial charge on any atom is -0.494 e. The molecule has 3 heterocycles. The molecule has 3 aromatic heterocycles.